The topological polar surface area (TPSA) is 66.4 Å². The fraction of sp³-hybridized carbons (Fsp3) is 0.500. The summed E-state index contributed by atoms with van der Waals surface area (Å²) in [6.07, 6.45) is 1.17. The highest BCUT2D eigenvalue weighted by Crippen LogP contribution is 2.21. The number of benzene rings is 1. The Hall–Kier alpha value is -1.14. The van der Waals surface area contributed by atoms with Crippen LogP contribution in [-0.4, -0.2) is 31.1 Å². The van der Waals surface area contributed by atoms with Gasteiger partial charge in [0.1, 0.15) is 0 Å². The van der Waals surface area contributed by atoms with Gasteiger partial charge in [-0.05, 0) is 19.9 Å². The monoisotopic (exact) mass is 275 g/mol. The first-order chi connectivity index (χ1) is 8.15. The third kappa shape index (κ3) is 3.43. The summed E-state index contributed by atoms with van der Waals surface area (Å²) in [4.78, 5) is 0. The van der Waals surface area contributed by atoms with Crippen molar-refractivity contribution in [2.75, 3.05) is 12.8 Å². The third-order valence-electron chi connectivity index (χ3n) is 2.94. The predicted molar refractivity (Wildman–Crippen MR) is 68.7 cm³/mol. The highest BCUT2D eigenvalue weighted by Gasteiger charge is 2.29. The van der Waals surface area contributed by atoms with E-state index in [-0.39, 0.29) is 13.1 Å². The van der Waals surface area contributed by atoms with Crippen LogP contribution in [0.15, 0.2) is 18.2 Å². The average Bonchev–Trinajstić information content (AvgIpc) is 2.22. The van der Waals surface area contributed by atoms with E-state index in [9.17, 15) is 17.9 Å². The van der Waals surface area contributed by atoms with Crippen molar-refractivity contribution in [3.8, 4) is 5.75 Å². The molecular formula is C12H18FNO3S. The zero-order chi connectivity index (χ0) is 14.0. The van der Waals surface area contributed by atoms with E-state index in [1.165, 1.54) is 18.4 Å². The number of phenols is 1. The summed E-state index contributed by atoms with van der Waals surface area (Å²) in [5.74, 6) is -1.08. The van der Waals surface area contributed by atoms with E-state index < -0.39 is 26.2 Å². The van der Waals surface area contributed by atoms with Crippen molar-refractivity contribution in [3.05, 3.63) is 29.6 Å². The number of aromatic hydroxyl groups is 1. The van der Waals surface area contributed by atoms with E-state index in [0.29, 0.717) is 5.56 Å². The van der Waals surface area contributed by atoms with E-state index in [2.05, 4.69) is 5.32 Å². The molecular weight excluding hydrogens is 257 g/mol. The fourth-order valence-corrected chi connectivity index (χ4v) is 1.70. The van der Waals surface area contributed by atoms with E-state index >= 15 is 0 Å². The van der Waals surface area contributed by atoms with Crippen molar-refractivity contribution in [1.29, 1.82) is 0 Å². The lowest BCUT2D eigenvalue weighted by Gasteiger charge is -2.23. The Labute approximate surface area is 107 Å². The maximum absolute atomic E-state index is 13.1. The first-order valence-corrected chi connectivity index (χ1v) is 7.41. The van der Waals surface area contributed by atoms with Gasteiger partial charge in [0.15, 0.2) is 21.4 Å². The highest BCUT2D eigenvalue weighted by molar-refractivity contribution is 7.92. The molecule has 0 fully saturated rings. The minimum atomic E-state index is -3.17. The Morgan fingerprint density at radius 1 is 1.39 bits per heavy atom. The molecule has 0 heterocycles. The molecule has 18 heavy (non-hydrogen) atoms. The maximum atomic E-state index is 13.1. The molecule has 1 aromatic rings. The minimum Gasteiger partial charge on any atom is -0.505 e. The Morgan fingerprint density at radius 3 is 2.56 bits per heavy atom. The van der Waals surface area contributed by atoms with Crippen LogP contribution in [0.25, 0.3) is 0 Å². The number of rotatable bonds is 5. The van der Waals surface area contributed by atoms with Crippen LogP contribution in [0, 0.1) is 5.82 Å². The highest BCUT2D eigenvalue weighted by atomic mass is 32.2. The van der Waals surface area contributed by atoms with Crippen molar-refractivity contribution in [1.82, 2.24) is 5.32 Å². The molecule has 0 amide bonds. The molecule has 0 aliphatic heterocycles. The molecule has 102 valence electrons. The second kappa shape index (κ2) is 5.24. The van der Waals surface area contributed by atoms with Crippen LogP contribution in [-0.2, 0) is 16.4 Å². The maximum Gasteiger partial charge on any atom is 0.165 e. The number of phenolic OH excluding ortho intramolecular Hbond substituents is 1. The molecule has 0 unspecified atom stereocenters. The number of hydrogen-bond acceptors (Lipinski definition) is 4. The summed E-state index contributed by atoms with van der Waals surface area (Å²) >= 11 is 0. The van der Waals surface area contributed by atoms with Crippen molar-refractivity contribution in [3.63, 3.8) is 0 Å². The smallest absolute Gasteiger partial charge is 0.165 e. The minimum absolute atomic E-state index is 0.211. The molecule has 0 spiro atoms. The van der Waals surface area contributed by atoms with Crippen LogP contribution >= 0.6 is 0 Å². The first kappa shape index (κ1) is 14.9. The molecule has 2 N–H and O–H groups in total. The normalized spacial score (nSPS) is 12.7. The molecule has 6 heteroatoms. The zero-order valence-electron chi connectivity index (χ0n) is 10.7. The average molecular weight is 275 g/mol. The molecule has 0 saturated heterocycles. The fourth-order valence-electron chi connectivity index (χ4n) is 1.33. The van der Waals surface area contributed by atoms with Gasteiger partial charge in [-0.15, -0.1) is 0 Å². The van der Waals surface area contributed by atoms with Crippen LogP contribution in [0.3, 0.4) is 0 Å². The van der Waals surface area contributed by atoms with Gasteiger partial charge in [-0.1, -0.05) is 12.1 Å². The molecule has 0 aliphatic rings. The van der Waals surface area contributed by atoms with Crippen LogP contribution < -0.4 is 5.32 Å². The number of sulfone groups is 1. The molecule has 0 bridgehead atoms. The van der Waals surface area contributed by atoms with E-state index in [0.717, 1.165) is 0 Å². The quantitative estimate of drug-likeness (QED) is 0.853. The summed E-state index contributed by atoms with van der Waals surface area (Å²) in [7, 11) is -3.17. The Balaban J connectivity index is 2.66. The molecule has 0 atom stereocenters. The standard InChI is InChI=1S/C12H18FNO3S/c1-12(2,18(3,16)17)8-14-7-9-5-4-6-10(13)11(9)15/h4-6,14-15H,7-8H2,1-3H3. The van der Waals surface area contributed by atoms with E-state index in [1.807, 2.05) is 0 Å². The van der Waals surface area contributed by atoms with Gasteiger partial charge in [0.05, 0.1) is 4.75 Å². The molecule has 0 radical (unpaired) electrons. The van der Waals surface area contributed by atoms with Crippen LogP contribution in [0.2, 0.25) is 0 Å². The third-order valence-corrected chi connectivity index (χ3v) is 5.09. The SMILES string of the molecule is CC(C)(CNCc1cccc(F)c1O)S(C)(=O)=O. The largest absolute Gasteiger partial charge is 0.505 e. The van der Waals surface area contributed by atoms with Crippen molar-refractivity contribution < 1.29 is 17.9 Å². The number of hydrogen-bond donors (Lipinski definition) is 2. The second-order valence-electron chi connectivity index (χ2n) is 4.88. The Morgan fingerprint density at radius 2 is 2.00 bits per heavy atom. The number of halogens is 1. The summed E-state index contributed by atoms with van der Waals surface area (Å²) in [5.41, 5.74) is 0.402. The zero-order valence-corrected chi connectivity index (χ0v) is 11.5. The molecule has 0 aromatic heterocycles. The van der Waals surface area contributed by atoms with Crippen LogP contribution in [0.1, 0.15) is 19.4 Å². The summed E-state index contributed by atoms with van der Waals surface area (Å²) in [5, 5.41) is 12.4. The van der Waals surface area contributed by atoms with Gasteiger partial charge in [-0.2, -0.15) is 0 Å². The van der Waals surface area contributed by atoms with Crippen molar-refractivity contribution >= 4 is 9.84 Å². The van der Waals surface area contributed by atoms with Gasteiger partial charge in [0.2, 0.25) is 0 Å². The second-order valence-corrected chi connectivity index (χ2v) is 7.53. The lowest BCUT2D eigenvalue weighted by Crippen LogP contribution is -2.41. The van der Waals surface area contributed by atoms with Gasteiger partial charge >= 0.3 is 0 Å². The van der Waals surface area contributed by atoms with Gasteiger partial charge < -0.3 is 10.4 Å². The van der Waals surface area contributed by atoms with Crippen LogP contribution in [0.5, 0.6) is 5.75 Å². The molecule has 0 aliphatic carbocycles. The lowest BCUT2D eigenvalue weighted by molar-refractivity contribution is 0.422. The Bertz CT molecular complexity index is 526. The molecule has 1 aromatic carbocycles. The first-order valence-electron chi connectivity index (χ1n) is 5.52. The van der Waals surface area contributed by atoms with E-state index in [1.54, 1.807) is 19.9 Å². The van der Waals surface area contributed by atoms with Crippen molar-refractivity contribution in [2.45, 2.75) is 25.1 Å². The van der Waals surface area contributed by atoms with Gasteiger partial charge in [0.25, 0.3) is 0 Å². The van der Waals surface area contributed by atoms with E-state index in [4.69, 9.17) is 0 Å². The van der Waals surface area contributed by atoms with Gasteiger partial charge in [-0.25, -0.2) is 12.8 Å². The van der Waals surface area contributed by atoms with Crippen molar-refractivity contribution in [2.24, 2.45) is 0 Å². The summed E-state index contributed by atoms with van der Waals surface area (Å²) < 4.78 is 35.1. The predicted octanol–water partition coefficient (Wildman–Crippen LogP) is 1.44. The number of nitrogens with one attached hydrogen (secondary N) is 1. The molecule has 0 saturated carbocycles. The van der Waals surface area contributed by atoms with Gasteiger partial charge in [0, 0.05) is 24.9 Å². The summed E-state index contributed by atoms with van der Waals surface area (Å²) in [6, 6.07) is 4.24. The molecule has 1 rings (SSSR count). The van der Waals surface area contributed by atoms with Crippen LogP contribution in [0.4, 0.5) is 4.39 Å². The van der Waals surface area contributed by atoms with Gasteiger partial charge in [-0.3, -0.25) is 0 Å². The lowest BCUT2D eigenvalue weighted by atomic mass is 10.1. The summed E-state index contributed by atoms with van der Waals surface area (Å²) in [6.45, 7) is 3.66. The number of para-hydroxylation sites is 1. The molecule has 4 nitrogen and oxygen atoms in total. The Kier molecular flexibility index (Phi) is 4.34.